The zero-order valence-corrected chi connectivity index (χ0v) is 13.3. The predicted octanol–water partition coefficient (Wildman–Crippen LogP) is 4.24. The van der Waals surface area contributed by atoms with Crippen LogP contribution in [0.5, 0.6) is 0 Å². The average molecular weight is 312 g/mol. The molecule has 0 saturated heterocycles. The summed E-state index contributed by atoms with van der Waals surface area (Å²) in [6.07, 6.45) is 0. The first kappa shape index (κ1) is 13.4. The number of fused-ring (bicyclic) bond motifs is 5. The van der Waals surface area contributed by atoms with Crippen LogP contribution in [0.25, 0.3) is 32.9 Å². The van der Waals surface area contributed by atoms with Crippen LogP contribution in [-0.2, 0) is 13.6 Å². The average Bonchev–Trinajstić information content (AvgIpc) is 3.14. The third-order valence-electron chi connectivity index (χ3n) is 5.03. The van der Waals surface area contributed by atoms with Gasteiger partial charge in [-0.05, 0) is 23.3 Å². The van der Waals surface area contributed by atoms with Crippen LogP contribution in [0.1, 0.15) is 15.9 Å². The molecular formula is C21H16N2O. The number of nitrogens with zero attached hydrogens (tertiary/aromatic N) is 1. The van der Waals surface area contributed by atoms with Crippen LogP contribution in [0.2, 0.25) is 0 Å². The van der Waals surface area contributed by atoms with E-state index in [1.165, 1.54) is 21.8 Å². The SMILES string of the molecule is Cn1c2ccccc2c2c3c(cc(-c4ccccc4)c21)C(=O)NC3. The van der Waals surface area contributed by atoms with Crippen LogP contribution in [0.4, 0.5) is 0 Å². The molecule has 1 amide bonds. The van der Waals surface area contributed by atoms with E-state index in [9.17, 15) is 4.79 Å². The van der Waals surface area contributed by atoms with E-state index < -0.39 is 0 Å². The van der Waals surface area contributed by atoms with Crippen molar-refractivity contribution in [1.29, 1.82) is 0 Å². The molecule has 24 heavy (non-hydrogen) atoms. The summed E-state index contributed by atoms with van der Waals surface area (Å²) in [5, 5.41) is 5.39. The largest absolute Gasteiger partial charge is 0.348 e. The number of para-hydroxylation sites is 1. The second-order valence-electron chi connectivity index (χ2n) is 6.30. The summed E-state index contributed by atoms with van der Waals surface area (Å²) in [7, 11) is 2.10. The van der Waals surface area contributed by atoms with Gasteiger partial charge >= 0.3 is 0 Å². The van der Waals surface area contributed by atoms with E-state index in [0.717, 1.165) is 22.3 Å². The molecule has 0 radical (unpaired) electrons. The second-order valence-corrected chi connectivity index (χ2v) is 6.30. The molecule has 0 atom stereocenters. The van der Waals surface area contributed by atoms with Crippen LogP contribution >= 0.6 is 0 Å². The number of amides is 1. The van der Waals surface area contributed by atoms with E-state index in [-0.39, 0.29) is 5.91 Å². The molecule has 5 rings (SSSR count). The highest BCUT2D eigenvalue weighted by molar-refractivity contribution is 6.18. The molecule has 3 nitrogen and oxygen atoms in total. The summed E-state index contributed by atoms with van der Waals surface area (Å²) >= 11 is 0. The predicted molar refractivity (Wildman–Crippen MR) is 97.0 cm³/mol. The summed E-state index contributed by atoms with van der Waals surface area (Å²) in [6, 6.07) is 20.8. The normalized spacial score (nSPS) is 13.5. The Kier molecular flexibility index (Phi) is 2.63. The lowest BCUT2D eigenvalue weighted by Crippen LogP contribution is -2.12. The van der Waals surface area contributed by atoms with E-state index >= 15 is 0 Å². The quantitative estimate of drug-likeness (QED) is 0.560. The molecule has 1 N–H and O–H groups in total. The fourth-order valence-corrected chi connectivity index (χ4v) is 3.94. The highest BCUT2D eigenvalue weighted by Gasteiger charge is 2.26. The number of rotatable bonds is 1. The molecule has 3 heteroatoms. The standard InChI is InChI=1S/C21H16N2O/c1-23-18-10-6-5-9-14(18)19-17-12-22-21(24)16(17)11-15(20(19)23)13-7-3-2-4-8-13/h2-11H,12H2,1H3,(H,22,24). The van der Waals surface area contributed by atoms with E-state index in [4.69, 9.17) is 0 Å². The zero-order chi connectivity index (χ0) is 16.3. The third-order valence-corrected chi connectivity index (χ3v) is 5.03. The van der Waals surface area contributed by atoms with Crippen LogP contribution in [0.15, 0.2) is 60.7 Å². The lowest BCUT2D eigenvalue weighted by Gasteiger charge is -2.10. The molecule has 116 valence electrons. The van der Waals surface area contributed by atoms with Gasteiger partial charge in [0, 0.05) is 41.0 Å². The van der Waals surface area contributed by atoms with E-state index in [1.54, 1.807) is 0 Å². The molecule has 1 aliphatic rings. The topological polar surface area (TPSA) is 34.0 Å². The van der Waals surface area contributed by atoms with Crippen molar-refractivity contribution < 1.29 is 4.79 Å². The number of aryl methyl sites for hydroxylation is 1. The summed E-state index contributed by atoms with van der Waals surface area (Å²) in [4.78, 5) is 12.3. The molecule has 0 unspecified atom stereocenters. The van der Waals surface area contributed by atoms with Crippen LogP contribution in [-0.4, -0.2) is 10.5 Å². The maximum Gasteiger partial charge on any atom is 0.251 e. The van der Waals surface area contributed by atoms with Gasteiger partial charge in [0.15, 0.2) is 0 Å². The van der Waals surface area contributed by atoms with Crippen molar-refractivity contribution in [3.63, 3.8) is 0 Å². The van der Waals surface area contributed by atoms with Gasteiger partial charge < -0.3 is 9.88 Å². The minimum Gasteiger partial charge on any atom is -0.348 e. The van der Waals surface area contributed by atoms with E-state index in [2.05, 4.69) is 53.3 Å². The number of hydrogen-bond donors (Lipinski definition) is 1. The Balaban J connectivity index is 2.04. The lowest BCUT2D eigenvalue weighted by molar-refractivity contribution is 0.0966. The van der Waals surface area contributed by atoms with Gasteiger partial charge in [0.05, 0.1) is 5.52 Å². The molecule has 1 aliphatic heterocycles. The second kappa shape index (κ2) is 4.71. The summed E-state index contributed by atoms with van der Waals surface area (Å²) < 4.78 is 2.25. The molecule has 0 aliphatic carbocycles. The highest BCUT2D eigenvalue weighted by atomic mass is 16.1. The van der Waals surface area contributed by atoms with Gasteiger partial charge in [-0.15, -0.1) is 0 Å². The van der Waals surface area contributed by atoms with Crippen LogP contribution in [0.3, 0.4) is 0 Å². The molecule has 0 saturated carbocycles. The maximum atomic E-state index is 12.3. The number of carbonyl (C=O) groups is 1. The van der Waals surface area contributed by atoms with Crippen molar-refractivity contribution in [2.75, 3.05) is 0 Å². The minimum absolute atomic E-state index is 0.0250. The Hall–Kier alpha value is -3.07. The van der Waals surface area contributed by atoms with E-state index in [0.29, 0.717) is 6.54 Å². The Bertz CT molecular complexity index is 1120. The van der Waals surface area contributed by atoms with Gasteiger partial charge in [0.2, 0.25) is 0 Å². The number of carbonyl (C=O) groups excluding carboxylic acids is 1. The fraction of sp³-hybridized carbons (Fsp3) is 0.0952. The number of benzene rings is 3. The molecule has 0 spiro atoms. The van der Waals surface area contributed by atoms with Gasteiger partial charge in [-0.3, -0.25) is 4.79 Å². The highest BCUT2D eigenvalue weighted by Crippen LogP contribution is 2.40. The molecule has 3 aromatic carbocycles. The van der Waals surface area contributed by atoms with Gasteiger partial charge in [-0.25, -0.2) is 0 Å². The Morgan fingerprint density at radius 3 is 2.54 bits per heavy atom. The van der Waals surface area contributed by atoms with Crippen molar-refractivity contribution in [2.45, 2.75) is 6.54 Å². The van der Waals surface area contributed by atoms with Gasteiger partial charge in [-0.2, -0.15) is 0 Å². The van der Waals surface area contributed by atoms with Crippen molar-refractivity contribution in [3.8, 4) is 11.1 Å². The first-order valence-electron chi connectivity index (χ1n) is 8.12. The number of aromatic nitrogens is 1. The van der Waals surface area contributed by atoms with Gasteiger partial charge in [0.25, 0.3) is 5.91 Å². The first-order chi connectivity index (χ1) is 11.8. The third kappa shape index (κ3) is 1.64. The van der Waals surface area contributed by atoms with Crippen molar-refractivity contribution in [2.24, 2.45) is 7.05 Å². The van der Waals surface area contributed by atoms with Crippen LogP contribution in [0, 0.1) is 0 Å². The summed E-state index contributed by atoms with van der Waals surface area (Å²) in [6.45, 7) is 0.605. The first-order valence-corrected chi connectivity index (χ1v) is 8.12. The van der Waals surface area contributed by atoms with Crippen LogP contribution < -0.4 is 5.32 Å². The van der Waals surface area contributed by atoms with Gasteiger partial charge in [0.1, 0.15) is 0 Å². The molecule has 4 aromatic rings. The molecule has 0 fully saturated rings. The Morgan fingerprint density at radius 2 is 1.71 bits per heavy atom. The Morgan fingerprint density at radius 1 is 0.958 bits per heavy atom. The molecule has 1 aromatic heterocycles. The fourth-order valence-electron chi connectivity index (χ4n) is 3.94. The minimum atomic E-state index is 0.0250. The molecule has 2 heterocycles. The van der Waals surface area contributed by atoms with E-state index in [1.807, 2.05) is 24.3 Å². The molecular weight excluding hydrogens is 296 g/mol. The lowest BCUT2D eigenvalue weighted by atomic mass is 9.95. The monoisotopic (exact) mass is 312 g/mol. The van der Waals surface area contributed by atoms with Crippen molar-refractivity contribution in [1.82, 2.24) is 9.88 Å². The smallest absolute Gasteiger partial charge is 0.251 e. The Labute approximate surface area is 139 Å². The summed E-state index contributed by atoms with van der Waals surface area (Å²) in [5.74, 6) is 0.0250. The maximum absolute atomic E-state index is 12.3. The van der Waals surface area contributed by atoms with Gasteiger partial charge in [-0.1, -0.05) is 48.5 Å². The summed E-state index contributed by atoms with van der Waals surface area (Å²) in [5.41, 5.74) is 6.55. The number of nitrogens with one attached hydrogen (secondary N) is 1. The number of hydrogen-bond acceptors (Lipinski definition) is 1. The zero-order valence-electron chi connectivity index (χ0n) is 13.3. The molecule has 0 bridgehead atoms. The van der Waals surface area contributed by atoms with Crippen molar-refractivity contribution >= 4 is 27.7 Å². The van der Waals surface area contributed by atoms with Crippen molar-refractivity contribution in [3.05, 3.63) is 71.8 Å².